The van der Waals surface area contributed by atoms with Gasteiger partial charge in [-0.05, 0) is 46.5 Å². The smallest absolute Gasteiger partial charge is 0.269 e. The van der Waals surface area contributed by atoms with E-state index in [1.54, 1.807) is 12.1 Å². The third kappa shape index (κ3) is 4.33. The van der Waals surface area contributed by atoms with Gasteiger partial charge in [-0.15, -0.1) is 0 Å². The lowest BCUT2D eigenvalue weighted by Crippen LogP contribution is -2.39. The molecule has 0 aliphatic heterocycles. The molecule has 120 valence electrons. The van der Waals surface area contributed by atoms with Crippen LogP contribution in [0.25, 0.3) is 0 Å². The third-order valence-corrected chi connectivity index (χ3v) is 5.61. The fraction of sp³-hybridized carbons (Fsp3) is 0.429. The van der Waals surface area contributed by atoms with Crippen molar-refractivity contribution in [3.05, 3.63) is 28.2 Å². The predicted molar refractivity (Wildman–Crippen MR) is 95.4 cm³/mol. The molecule has 0 spiro atoms. The van der Waals surface area contributed by atoms with Crippen LogP contribution in [0.15, 0.2) is 27.8 Å². The maximum absolute atomic E-state index is 12.2. The van der Waals surface area contributed by atoms with E-state index in [2.05, 4.69) is 51.7 Å². The quantitative estimate of drug-likeness (QED) is 0.231. The molecule has 1 aliphatic rings. The Kier molecular flexibility index (Phi) is 6.05. The zero-order valence-corrected chi connectivity index (χ0v) is 15.0. The van der Waals surface area contributed by atoms with Gasteiger partial charge in [0, 0.05) is 23.0 Å². The lowest BCUT2D eigenvalue weighted by atomic mass is 10.1. The molecule has 1 aromatic carbocycles. The molecule has 8 heteroatoms. The lowest BCUT2D eigenvalue weighted by Gasteiger charge is -2.13. The number of nitrogens with zero attached hydrogens (tertiary/aromatic N) is 1. The molecule has 1 saturated carbocycles. The van der Waals surface area contributed by atoms with Gasteiger partial charge in [-0.3, -0.25) is 4.79 Å². The molecule has 0 saturated heterocycles. The molecule has 2 atom stereocenters. The van der Waals surface area contributed by atoms with Crippen molar-refractivity contribution >= 4 is 52.8 Å². The van der Waals surface area contributed by atoms with Crippen molar-refractivity contribution < 1.29 is 15.1 Å². The molecule has 1 aromatic rings. The van der Waals surface area contributed by atoms with Crippen LogP contribution in [-0.4, -0.2) is 38.5 Å². The van der Waals surface area contributed by atoms with E-state index < -0.39 is 5.91 Å². The number of nitrogens with one attached hydrogen (secondary N) is 1. The van der Waals surface area contributed by atoms with Gasteiger partial charge in [0.2, 0.25) is 0 Å². The lowest BCUT2D eigenvalue weighted by molar-refractivity contribution is -0.115. The highest BCUT2D eigenvalue weighted by Crippen LogP contribution is 2.28. The fourth-order valence-corrected chi connectivity index (χ4v) is 3.57. The van der Waals surface area contributed by atoms with Gasteiger partial charge in [-0.25, -0.2) is 0 Å². The Morgan fingerprint density at radius 3 is 2.55 bits per heavy atom. The molecule has 0 radical (unpaired) electrons. The standard InChI is InChI=1S/C14H17BrN2O3S2/c15-9-3-7(1-2-11(9)18)4-10(17-20)14(19)16-8-5-12(21)13(22)6-8/h1-3,8,12-13,18,20-22H,4-6H2,(H,16,19)/b17-10+. The van der Waals surface area contributed by atoms with Crippen molar-refractivity contribution in [1.82, 2.24) is 5.32 Å². The SMILES string of the molecule is O=C(NC1CC(S)C(S)C1)/C(Cc1ccc(O)c(Br)c1)=N/O. The third-order valence-electron chi connectivity index (χ3n) is 3.60. The van der Waals surface area contributed by atoms with Crippen molar-refractivity contribution in [2.45, 2.75) is 35.8 Å². The largest absolute Gasteiger partial charge is 0.507 e. The van der Waals surface area contributed by atoms with Crippen LogP contribution in [0, 0.1) is 0 Å². The Balaban J connectivity index is 1.99. The van der Waals surface area contributed by atoms with Gasteiger partial charge in [0.25, 0.3) is 5.91 Å². The minimum absolute atomic E-state index is 0.0131. The molecule has 2 rings (SSSR count). The van der Waals surface area contributed by atoms with Crippen LogP contribution in [0.1, 0.15) is 18.4 Å². The average molecular weight is 405 g/mol. The summed E-state index contributed by atoms with van der Waals surface area (Å²) in [5.74, 6) is -0.291. The molecule has 1 amide bonds. The summed E-state index contributed by atoms with van der Waals surface area (Å²) in [4.78, 5) is 12.2. The first-order chi connectivity index (χ1) is 10.4. The number of phenols is 1. The monoisotopic (exact) mass is 404 g/mol. The molecule has 3 N–H and O–H groups in total. The second-order valence-corrected chi connectivity index (χ2v) is 7.47. The topological polar surface area (TPSA) is 81.9 Å². The van der Waals surface area contributed by atoms with Crippen LogP contribution in [0.2, 0.25) is 0 Å². The Morgan fingerprint density at radius 1 is 1.36 bits per heavy atom. The van der Waals surface area contributed by atoms with Gasteiger partial charge < -0.3 is 15.6 Å². The number of amides is 1. The van der Waals surface area contributed by atoms with Gasteiger partial charge in [-0.1, -0.05) is 11.2 Å². The summed E-state index contributed by atoms with van der Waals surface area (Å²) in [7, 11) is 0. The maximum atomic E-state index is 12.2. The molecule has 5 nitrogen and oxygen atoms in total. The van der Waals surface area contributed by atoms with E-state index in [1.165, 1.54) is 6.07 Å². The number of oxime groups is 1. The maximum Gasteiger partial charge on any atom is 0.269 e. The predicted octanol–water partition coefficient (Wildman–Crippen LogP) is 2.40. The van der Waals surface area contributed by atoms with Gasteiger partial charge in [0.1, 0.15) is 11.5 Å². The van der Waals surface area contributed by atoms with Crippen LogP contribution < -0.4 is 5.32 Å². The Bertz CT molecular complexity index is 587. The molecule has 0 heterocycles. The second kappa shape index (κ2) is 7.61. The van der Waals surface area contributed by atoms with E-state index in [-0.39, 0.29) is 34.4 Å². The first-order valence-electron chi connectivity index (χ1n) is 6.76. The first kappa shape index (κ1) is 17.5. The molecule has 1 fully saturated rings. The van der Waals surface area contributed by atoms with Crippen LogP contribution in [0.3, 0.4) is 0 Å². The van der Waals surface area contributed by atoms with E-state index in [4.69, 9.17) is 5.21 Å². The number of rotatable bonds is 4. The number of halogens is 1. The zero-order valence-electron chi connectivity index (χ0n) is 11.6. The number of hydrogen-bond donors (Lipinski definition) is 5. The van der Waals surface area contributed by atoms with E-state index in [9.17, 15) is 9.90 Å². The van der Waals surface area contributed by atoms with E-state index >= 15 is 0 Å². The molecule has 0 bridgehead atoms. The number of phenolic OH excluding ortho intramolecular Hbond substituents is 1. The summed E-state index contributed by atoms with van der Waals surface area (Å²) in [5.41, 5.74) is 0.772. The van der Waals surface area contributed by atoms with Crippen LogP contribution >= 0.6 is 41.2 Å². The van der Waals surface area contributed by atoms with Crippen molar-refractivity contribution in [1.29, 1.82) is 0 Å². The highest BCUT2D eigenvalue weighted by atomic mass is 79.9. The summed E-state index contributed by atoms with van der Waals surface area (Å²) >= 11 is 12.0. The molecular weight excluding hydrogens is 388 g/mol. The Hall–Kier alpha value is -0.860. The summed E-state index contributed by atoms with van der Waals surface area (Å²) < 4.78 is 0.523. The summed E-state index contributed by atoms with van der Waals surface area (Å²) in [6.45, 7) is 0. The molecule has 1 aliphatic carbocycles. The van der Waals surface area contributed by atoms with Crippen molar-refractivity contribution in [2.24, 2.45) is 5.16 Å². The second-order valence-electron chi connectivity index (χ2n) is 5.29. The highest BCUT2D eigenvalue weighted by molar-refractivity contribution is 9.10. The normalized spacial score (nSPS) is 25.2. The van der Waals surface area contributed by atoms with Crippen molar-refractivity contribution in [3.63, 3.8) is 0 Å². The molecule has 22 heavy (non-hydrogen) atoms. The van der Waals surface area contributed by atoms with Crippen molar-refractivity contribution in [3.8, 4) is 5.75 Å². The minimum atomic E-state index is -0.403. The van der Waals surface area contributed by atoms with Crippen LogP contribution in [0.5, 0.6) is 5.75 Å². The number of thiol groups is 2. The number of hydrogen-bond acceptors (Lipinski definition) is 6. The highest BCUT2D eigenvalue weighted by Gasteiger charge is 2.31. The molecule has 0 aromatic heterocycles. The summed E-state index contributed by atoms with van der Waals surface area (Å²) in [6, 6.07) is 4.85. The number of benzene rings is 1. The first-order valence-corrected chi connectivity index (χ1v) is 8.58. The van der Waals surface area contributed by atoms with Gasteiger partial charge in [0.05, 0.1) is 4.47 Å². The van der Waals surface area contributed by atoms with Gasteiger partial charge in [-0.2, -0.15) is 25.3 Å². The van der Waals surface area contributed by atoms with Gasteiger partial charge in [0.15, 0.2) is 0 Å². The Morgan fingerprint density at radius 2 is 2.00 bits per heavy atom. The number of carbonyl (C=O) groups excluding carboxylic acids is 1. The van der Waals surface area contributed by atoms with E-state index in [0.717, 1.165) is 18.4 Å². The zero-order chi connectivity index (χ0) is 16.3. The van der Waals surface area contributed by atoms with Crippen molar-refractivity contribution in [2.75, 3.05) is 0 Å². The number of carbonyl (C=O) groups is 1. The molecule has 2 unspecified atom stereocenters. The molecular formula is C14H17BrN2O3S2. The van der Waals surface area contributed by atoms with Gasteiger partial charge >= 0.3 is 0 Å². The van der Waals surface area contributed by atoms with E-state index in [0.29, 0.717) is 4.47 Å². The number of aromatic hydroxyl groups is 1. The van der Waals surface area contributed by atoms with Crippen LogP contribution in [0.4, 0.5) is 0 Å². The average Bonchev–Trinajstić information content (AvgIpc) is 2.78. The fourth-order valence-electron chi connectivity index (χ4n) is 2.39. The summed E-state index contributed by atoms with van der Waals surface area (Å²) in [6.07, 6.45) is 1.65. The van der Waals surface area contributed by atoms with E-state index in [1.807, 2.05) is 0 Å². The summed E-state index contributed by atoms with van der Waals surface area (Å²) in [5, 5.41) is 24.8. The minimum Gasteiger partial charge on any atom is -0.507 e. The van der Waals surface area contributed by atoms with Crippen LogP contribution in [-0.2, 0) is 11.2 Å². The Labute approximate surface area is 148 Å².